The predicted octanol–water partition coefficient (Wildman–Crippen LogP) is 3.25. The Morgan fingerprint density at radius 3 is 1.92 bits per heavy atom. The van der Waals surface area contributed by atoms with E-state index in [1.807, 2.05) is 69.2 Å². The van der Waals surface area contributed by atoms with Crippen molar-refractivity contribution in [3.8, 4) is 0 Å². The second-order valence-corrected chi connectivity index (χ2v) is 14.3. The van der Waals surface area contributed by atoms with Gasteiger partial charge in [-0.05, 0) is 34.5 Å². The lowest BCUT2D eigenvalue weighted by atomic mass is 9.80. The molecule has 2 rings (SSSR count). The Morgan fingerprint density at radius 2 is 1.50 bits per heavy atom. The van der Waals surface area contributed by atoms with E-state index in [9.17, 15) is 29.1 Å². The van der Waals surface area contributed by atoms with Crippen LogP contribution in [0.25, 0.3) is 0 Å². The number of nitrogens with zero attached hydrogens (tertiary/aromatic N) is 2. The highest BCUT2D eigenvalue weighted by Gasteiger charge is 2.47. The molecular weight excluding hydrogens is 488 g/mol. The van der Waals surface area contributed by atoms with Gasteiger partial charge in [-0.1, -0.05) is 69.2 Å². The zero-order valence-corrected chi connectivity index (χ0v) is 24.8. The third-order valence-electron chi connectivity index (χ3n) is 7.80. The number of carbonyl (C=O) groups excluding carboxylic acids is 4. The molecule has 5 amide bonds. The summed E-state index contributed by atoms with van der Waals surface area (Å²) >= 11 is 0. The van der Waals surface area contributed by atoms with Crippen LogP contribution in [0.3, 0.4) is 0 Å². The smallest absolute Gasteiger partial charge is 0.326 e. The highest BCUT2D eigenvalue weighted by atomic mass is 16.4. The van der Waals surface area contributed by atoms with E-state index in [-0.39, 0.29) is 43.0 Å². The summed E-state index contributed by atoms with van der Waals surface area (Å²) in [6.45, 7) is 19.2. The molecule has 0 aliphatic carbocycles. The number of nitrogens with one attached hydrogen (secondary N) is 2. The fourth-order valence-corrected chi connectivity index (χ4v) is 5.36. The second-order valence-electron chi connectivity index (χ2n) is 14.3. The van der Waals surface area contributed by atoms with Crippen molar-refractivity contribution in [2.45, 2.75) is 107 Å². The van der Waals surface area contributed by atoms with Gasteiger partial charge in [-0.15, -0.1) is 0 Å². The van der Waals surface area contributed by atoms with Gasteiger partial charge in [0.25, 0.3) is 0 Å². The van der Waals surface area contributed by atoms with Crippen LogP contribution in [0.5, 0.6) is 0 Å². The summed E-state index contributed by atoms with van der Waals surface area (Å²) in [6.07, 6.45) is 1.09. The van der Waals surface area contributed by atoms with Gasteiger partial charge in [0.15, 0.2) is 0 Å². The van der Waals surface area contributed by atoms with Crippen LogP contribution in [-0.4, -0.2) is 75.8 Å². The molecule has 0 aromatic rings. The van der Waals surface area contributed by atoms with E-state index >= 15 is 0 Å². The van der Waals surface area contributed by atoms with Crippen molar-refractivity contribution in [2.24, 2.45) is 28.1 Å². The third kappa shape index (κ3) is 7.47. The zero-order chi connectivity index (χ0) is 29.4. The molecule has 216 valence electrons. The summed E-state index contributed by atoms with van der Waals surface area (Å²) in [5, 5.41) is 15.6. The van der Waals surface area contributed by atoms with Gasteiger partial charge in [-0.3, -0.25) is 19.3 Å². The van der Waals surface area contributed by atoms with Gasteiger partial charge in [-0.25, -0.2) is 9.59 Å². The van der Waals surface area contributed by atoms with Crippen LogP contribution in [-0.2, 0) is 19.2 Å². The van der Waals surface area contributed by atoms with Gasteiger partial charge >= 0.3 is 12.0 Å². The number of rotatable bonds is 7. The van der Waals surface area contributed by atoms with Gasteiger partial charge in [0.2, 0.25) is 17.7 Å². The summed E-state index contributed by atoms with van der Waals surface area (Å²) in [4.78, 5) is 67.2. The highest BCUT2D eigenvalue weighted by Crippen LogP contribution is 2.34. The summed E-state index contributed by atoms with van der Waals surface area (Å²) in [5.74, 6) is -2.08. The highest BCUT2D eigenvalue weighted by molar-refractivity contribution is 5.98. The Labute approximate surface area is 227 Å². The number of hydrogen-bond donors (Lipinski definition) is 3. The first-order chi connectivity index (χ1) is 17.2. The molecule has 2 saturated heterocycles. The lowest BCUT2D eigenvalue weighted by Crippen LogP contribution is -2.62. The van der Waals surface area contributed by atoms with Crippen LogP contribution in [0.4, 0.5) is 4.79 Å². The molecule has 3 N–H and O–H groups in total. The van der Waals surface area contributed by atoms with Crippen LogP contribution in [0.15, 0.2) is 0 Å². The van der Waals surface area contributed by atoms with Crippen molar-refractivity contribution in [3.63, 3.8) is 0 Å². The SMILES string of the molecule is CC(C)[C@H]1CCN(C(=O)[C@@H](NC(=O)N[C@H](CN2C(=O)CC(C)(C)CC2=O)C(C)(C)C)C(C)(C)C)[C@@H]1C(=O)O. The van der Waals surface area contributed by atoms with E-state index in [0.29, 0.717) is 13.0 Å². The minimum atomic E-state index is -1.04. The Kier molecular flexibility index (Phi) is 9.32. The first-order valence-corrected chi connectivity index (χ1v) is 13.6. The van der Waals surface area contributed by atoms with Crippen LogP contribution < -0.4 is 10.6 Å². The molecule has 2 aliphatic heterocycles. The maximum Gasteiger partial charge on any atom is 0.326 e. The van der Waals surface area contributed by atoms with Gasteiger partial charge in [-0.2, -0.15) is 0 Å². The monoisotopic (exact) mass is 536 g/mol. The lowest BCUT2D eigenvalue weighted by Gasteiger charge is -2.40. The molecule has 4 atom stereocenters. The molecule has 0 bridgehead atoms. The fourth-order valence-electron chi connectivity index (χ4n) is 5.36. The van der Waals surface area contributed by atoms with E-state index in [0.717, 1.165) is 0 Å². The number of imide groups is 1. The minimum Gasteiger partial charge on any atom is -0.480 e. The van der Waals surface area contributed by atoms with E-state index in [4.69, 9.17) is 0 Å². The number of hydrogen-bond acceptors (Lipinski definition) is 5. The van der Waals surface area contributed by atoms with Gasteiger partial charge in [0.1, 0.15) is 12.1 Å². The van der Waals surface area contributed by atoms with Crippen LogP contribution in [0, 0.1) is 28.1 Å². The Bertz CT molecular complexity index is 926. The molecule has 0 radical (unpaired) electrons. The third-order valence-corrected chi connectivity index (χ3v) is 7.80. The van der Waals surface area contributed by atoms with Crippen molar-refractivity contribution >= 4 is 29.7 Å². The van der Waals surface area contributed by atoms with Crippen molar-refractivity contribution in [2.75, 3.05) is 13.1 Å². The number of piperidine rings is 1. The fraction of sp³-hybridized carbons (Fsp3) is 0.821. The first-order valence-electron chi connectivity index (χ1n) is 13.6. The number of likely N-dealkylation sites (tertiary alicyclic amines) is 2. The average molecular weight is 537 g/mol. The van der Waals surface area contributed by atoms with Crippen LogP contribution in [0.2, 0.25) is 0 Å². The first kappa shape index (κ1) is 31.6. The number of aliphatic carboxylic acids is 1. The molecule has 10 heteroatoms. The maximum atomic E-state index is 13.7. The number of carbonyl (C=O) groups is 5. The Balaban J connectivity index is 2.23. The molecule has 0 spiro atoms. The van der Waals surface area contributed by atoms with E-state index in [1.54, 1.807) is 0 Å². The largest absolute Gasteiger partial charge is 0.480 e. The molecule has 0 saturated carbocycles. The Morgan fingerprint density at radius 1 is 0.974 bits per heavy atom. The summed E-state index contributed by atoms with van der Waals surface area (Å²) in [6, 6.07) is -3.10. The van der Waals surface area contributed by atoms with Gasteiger partial charge < -0.3 is 20.6 Å². The van der Waals surface area contributed by atoms with Crippen LogP contribution >= 0.6 is 0 Å². The van der Waals surface area contributed by atoms with E-state index in [2.05, 4.69) is 10.6 Å². The summed E-state index contributed by atoms with van der Waals surface area (Å²) in [5.41, 5.74) is -1.60. The molecule has 2 heterocycles. The lowest BCUT2D eigenvalue weighted by molar-refractivity contribution is -0.153. The topological polar surface area (TPSA) is 136 Å². The maximum absolute atomic E-state index is 13.7. The molecule has 10 nitrogen and oxygen atoms in total. The number of carboxylic acids is 1. The molecule has 0 aromatic heterocycles. The van der Waals surface area contributed by atoms with E-state index in [1.165, 1.54) is 9.80 Å². The van der Waals surface area contributed by atoms with Gasteiger partial charge in [0, 0.05) is 25.9 Å². The summed E-state index contributed by atoms with van der Waals surface area (Å²) in [7, 11) is 0. The normalized spacial score (nSPS) is 23.9. The average Bonchev–Trinajstić information content (AvgIpc) is 3.17. The summed E-state index contributed by atoms with van der Waals surface area (Å²) < 4.78 is 0. The zero-order valence-electron chi connectivity index (χ0n) is 24.8. The molecule has 2 aliphatic rings. The molecular formula is C28H48N4O6. The van der Waals surface area contributed by atoms with Crippen molar-refractivity contribution in [3.05, 3.63) is 0 Å². The quantitative estimate of drug-likeness (QED) is 0.427. The van der Waals surface area contributed by atoms with E-state index < -0.39 is 52.3 Å². The molecule has 0 aromatic carbocycles. The molecule has 0 unspecified atom stereocenters. The standard InChI is InChI=1S/C28H48N4O6/c1-16(2)17-11-12-31(21(17)24(36)37)23(35)22(27(6,7)8)30-25(38)29-18(26(3,4)5)15-32-19(33)13-28(9,10)14-20(32)34/h16-18,21-22H,11-15H2,1-10H3,(H,36,37)(H2,29,30,38)/t17-,18-,21+,22-/m1/s1. The molecule has 2 fully saturated rings. The van der Waals surface area contributed by atoms with Crippen molar-refractivity contribution in [1.29, 1.82) is 0 Å². The van der Waals surface area contributed by atoms with Crippen molar-refractivity contribution in [1.82, 2.24) is 20.4 Å². The Hall–Kier alpha value is -2.65. The predicted molar refractivity (Wildman–Crippen MR) is 144 cm³/mol. The van der Waals surface area contributed by atoms with Crippen molar-refractivity contribution < 1.29 is 29.1 Å². The number of amides is 5. The van der Waals surface area contributed by atoms with Crippen LogP contribution in [0.1, 0.15) is 88.5 Å². The number of urea groups is 1. The minimum absolute atomic E-state index is 0.0298. The number of carboxylic acid groups (broad SMARTS) is 1. The second kappa shape index (κ2) is 11.2. The van der Waals surface area contributed by atoms with Gasteiger partial charge in [0.05, 0.1) is 6.04 Å². The molecule has 38 heavy (non-hydrogen) atoms.